The number of hydrazine groups is 1. The van der Waals surface area contributed by atoms with Crippen LogP contribution in [0.2, 0.25) is 0 Å². The van der Waals surface area contributed by atoms with E-state index in [-0.39, 0.29) is 0 Å². The van der Waals surface area contributed by atoms with E-state index in [9.17, 15) is 0 Å². The predicted molar refractivity (Wildman–Crippen MR) is 35.3 cm³/mol. The van der Waals surface area contributed by atoms with Crippen molar-refractivity contribution in [3.8, 4) is 0 Å². The van der Waals surface area contributed by atoms with Crippen molar-refractivity contribution < 1.29 is 4.52 Å². The maximum Gasteiger partial charge on any atom is 0.166 e. The number of nitrogens with zero attached hydrogens (tertiary/aromatic N) is 2. The lowest BCUT2D eigenvalue weighted by Crippen LogP contribution is -2.25. The minimum absolute atomic E-state index is 0.676. The van der Waals surface area contributed by atoms with Crippen LogP contribution in [0.15, 0.2) is 16.9 Å². The Morgan fingerprint density at radius 2 is 2.60 bits per heavy atom. The van der Waals surface area contributed by atoms with Crippen LogP contribution in [0.3, 0.4) is 0 Å². The van der Waals surface area contributed by atoms with Crippen molar-refractivity contribution in [1.29, 1.82) is 0 Å². The van der Waals surface area contributed by atoms with Gasteiger partial charge in [-0.05, 0) is 0 Å². The largest absolute Gasteiger partial charge is 0.357 e. The van der Waals surface area contributed by atoms with Gasteiger partial charge in [-0.2, -0.15) is 0 Å². The first-order chi connectivity index (χ1) is 4.86. The number of hydrogen-bond donors (Lipinski definition) is 1. The highest BCUT2D eigenvalue weighted by Crippen LogP contribution is 2.15. The van der Waals surface area contributed by atoms with Crippen LogP contribution in [0.25, 0.3) is 6.08 Å². The lowest BCUT2D eigenvalue weighted by atomic mass is 10.2. The van der Waals surface area contributed by atoms with Crippen LogP contribution in [-0.2, 0) is 6.54 Å². The Morgan fingerprint density at radius 1 is 1.70 bits per heavy atom. The molecule has 0 aromatic carbocycles. The van der Waals surface area contributed by atoms with Crippen molar-refractivity contribution in [2.45, 2.75) is 6.54 Å². The first-order valence-corrected chi connectivity index (χ1v) is 2.99. The predicted octanol–water partition coefficient (Wildman–Crippen LogP) is 0.335. The average Bonchev–Trinajstić information content (AvgIpc) is 2.33. The van der Waals surface area contributed by atoms with E-state index < -0.39 is 0 Å². The molecule has 2 heterocycles. The molecule has 2 N–H and O–H groups in total. The highest BCUT2D eigenvalue weighted by atomic mass is 16.5. The van der Waals surface area contributed by atoms with Crippen molar-refractivity contribution in [2.75, 3.05) is 0 Å². The third-order valence-corrected chi connectivity index (χ3v) is 1.45. The molecule has 1 aromatic heterocycles. The van der Waals surface area contributed by atoms with E-state index in [1.165, 1.54) is 0 Å². The monoisotopic (exact) mass is 137 g/mol. The maximum atomic E-state index is 5.49. The normalized spacial score (nSPS) is 15.5. The van der Waals surface area contributed by atoms with E-state index >= 15 is 0 Å². The molecular weight excluding hydrogens is 130 g/mol. The van der Waals surface area contributed by atoms with Crippen LogP contribution < -0.4 is 5.84 Å². The van der Waals surface area contributed by atoms with E-state index in [1.54, 1.807) is 23.5 Å². The first-order valence-electron chi connectivity index (χ1n) is 2.99. The van der Waals surface area contributed by atoms with Gasteiger partial charge in [0.15, 0.2) is 5.76 Å². The molecule has 0 bridgehead atoms. The summed E-state index contributed by atoms with van der Waals surface area (Å²) in [5.74, 6) is 6.29. The molecule has 52 valence electrons. The van der Waals surface area contributed by atoms with Crippen LogP contribution in [0, 0.1) is 0 Å². The molecule has 0 saturated carbocycles. The Balaban J connectivity index is 2.43. The highest BCUT2D eigenvalue weighted by molar-refractivity contribution is 5.48. The molecule has 0 radical (unpaired) electrons. The van der Waals surface area contributed by atoms with Gasteiger partial charge in [0, 0.05) is 17.8 Å². The summed E-state index contributed by atoms with van der Waals surface area (Å²) in [4.78, 5) is 0. The van der Waals surface area contributed by atoms with Crippen LogP contribution >= 0.6 is 0 Å². The summed E-state index contributed by atoms with van der Waals surface area (Å²) in [6.07, 6.45) is 5.23. The molecule has 1 aromatic rings. The number of rotatable bonds is 0. The first kappa shape index (κ1) is 5.49. The summed E-state index contributed by atoms with van der Waals surface area (Å²) >= 11 is 0. The molecule has 2 rings (SSSR count). The average molecular weight is 137 g/mol. The molecule has 1 aliphatic heterocycles. The zero-order valence-corrected chi connectivity index (χ0v) is 5.32. The van der Waals surface area contributed by atoms with Crippen molar-refractivity contribution in [1.82, 2.24) is 10.2 Å². The molecule has 0 fully saturated rings. The van der Waals surface area contributed by atoms with E-state index in [0.717, 1.165) is 11.3 Å². The second kappa shape index (κ2) is 1.85. The van der Waals surface area contributed by atoms with Crippen molar-refractivity contribution in [3.05, 3.63) is 23.7 Å². The fourth-order valence-electron chi connectivity index (χ4n) is 0.938. The fraction of sp³-hybridized carbons (Fsp3) is 0.167. The molecule has 0 saturated heterocycles. The Labute approximate surface area is 57.9 Å². The summed E-state index contributed by atoms with van der Waals surface area (Å²) in [5, 5.41) is 5.21. The Kier molecular flexibility index (Phi) is 1.01. The fourth-order valence-corrected chi connectivity index (χ4v) is 0.938. The second-order valence-electron chi connectivity index (χ2n) is 2.20. The smallest absolute Gasteiger partial charge is 0.166 e. The zero-order valence-electron chi connectivity index (χ0n) is 5.32. The summed E-state index contributed by atoms with van der Waals surface area (Å²) in [7, 11) is 0. The van der Waals surface area contributed by atoms with Gasteiger partial charge in [-0.15, -0.1) is 0 Å². The van der Waals surface area contributed by atoms with Crippen molar-refractivity contribution in [3.63, 3.8) is 0 Å². The molecular formula is C6H7N3O. The summed E-state index contributed by atoms with van der Waals surface area (Å²) in [6.45, 7) is 0.676. The Hall–Kier alpha value is -1.29. The number of nitrogens with two attached hydrogens (primary N) is 1. The summed E-state index contributed by atoms with van der Waals surface area (Å²) in [6, 6.07) is 0. The molecule has 1 aliphatic rings. The van der Waals surface area contributed by atoms with Crippen LogP contribution in [0.5, 0.6) is 0 Å². The topological polar surface area (TPSA) is 55.3 Å². The molecule has 10 heavy (non-hydrogen) atoms. The maximum absolute atomic E-state index is 5.49. The van der Waals surface area contributed by atoms with Crippen molar-refractivity contribution >= 4 is 6.08 Å². The Bertz CT molecular complexity index is 266. The number of aromatic nitrogens is 1. The highest BCUT2D eigenvalue weighted by Gasteiger charge is 2.10. The number of hydrogen-bond acceptors (Lipinski definition) is 4. The molecule has 0 unspecified atom stereocenters. The lowest BCUT2D eigenvalue weighted by molar-refractivity contribution is 0.368. The van der Waals surface area contributed by atoms with E-state index in [2.05, 4.69) is 5.16 Å². The van der Waals surface area contributed by atoms with Gasteiger partial charge in [-0.25, -0.2) is 5.84 Å². The van der Waals surface area contributed by atoms with E-state index in [1.807, 2.05) is 0 Å². The SMILES string of the molecule is NN1C=Cc2oncc2C1. The minimum Gasteiger partial charge on any atom is -0.357 e. The van der Waals surface area contributed by atoms with Crippen molar-refractivity contribution in [2.24, 2.45) is 5.84 Å². The van der Waals surface area contributed by atoms with Gasteiger partial charge < -0.3 is 9.53 Å². The summed E-state index contributed by atoms with van der Waals surface area (Å²) in [5.41, 5.74) is 1.03. The van der Waals surface area contributed by atoms with E-state index in [4.69, 9.17) is 10.4 Å². The minimum atomic E-state index is 0.676. The van der Waals surface area contributed by atoms with Gasteiger partial charge in [0.05, 0.1) is 12.7 Å². The number of fused-ring (bicyclic) bond motifs is 1. The second-order valence-corrected chi connectivity index (χ2v) is 2.20. The van der Waals surface area contributed by atoms with Crippen LogP contribution in [-0.4, -0.2) is 10.2 Å². The Morgan fingerprint density at radius 3 is 3.50 bits per heavy atom. The van der Waals surface area contributed by atoms with Crippen LogP contribution in [0.4, 0.5) is 0 Å². The van der Waals surface area contributed by atoms with Crippen LogP contribution in [0.1, 0.15) is 11.3 Å². The van der Waals surface area contributed by atoms with Gasteiger partial charge in [0.2, 0.25) is 0 Å². The third kappa shape index (κ3) is 0.698. The molecule has 0 amide bonds. The quantitative estimate of drug-likeness (QED) is 0.524. The molecule has 4 heteroatoms. The lowest BCUT2D eigenvalue weighted by Gasteiger charge is -2.14. The zero-order chi connectivity index (χ0) is 6.97. The summed E-state index contributed by atoms with van der Waals surface area (Å²) < 4.78 is 4.89. The molecule has 0 atom stereocenters. The van der Waals surface area contributed by atoms with Gasteiger partial charge in [-0.1, -0.05) is 5.16 Å². The van der Waals surface area contributed by atoms with Gasteiger partial charge in [0.25, 0.3) is 0 Å². The standard InChI is InChI=1S/C6H7N3O/c7-9-2-1-6-5(4-9)3-8-10-6/h1-3H,4,7H2. The molecule has 0 spiro atoms. The van der Waals surface area contributed by atoms with Gasteiger partial charge in [0.1, 0.15) is 0 Å². The third-order valence-electron chi connectivity index (χ3n) is 1.45. The molecule has 0 aliphatic carbocycles. The van der Waals surface area contributed by atoms with E-state index in [0.29, 0.717) is 6.54 Å². The van der Waals surface area contributed by atoms with Gasteiger partial charge >= 0.3 is 0 Å². The molecule has 4 nitrogen and oxygen atoms in total. The van der Waals surface area contributed by atoms with Gasteiger partial charge in [-0.3, -0.25) is 0 Å².